The van der Waals surface area contributed by atoms with Gasteiger partial charge in [-0.2, -0.15) is 0 Å². The predicted molar refractivity (Wildman–Crippen MR) is 112 cm³/mol. The second-order valence-electron chi connectivity index (χ2n) is 6.60. The van der Waals surface area contributed by atoms with Gasteiger partial charge in [0.1, 0.15) is 0 Å². The largest absolute Gasteiger partial charge is 0.378 e. The van der Waals surface area contributed by atoms with E-state index in [-0.39, 0.29) is 11.9 Å². The third-order valence-electron chi connectivity index (χ3n) is 4.91. The molecule has 6 nitrogen and oxygen atoms in total. The summed E-state index contributed by atoms with van der Waals surface area (Å²) in [5.41, 5.74) is 1.98. The number of allylic oxidation sites excluding steroid dienone is 1. The van der Waals surface area contributed by atoms with Crippen LogP contribution in [0.1, 0.15) is 17.8 Å². The average molecular weight is 462 g/mol. The van der Waals surface area contributed by atoms with E-state index in [2.05, 4.69) is 21.2 Å². The van der Waals surface area contributed by atoms with Crippen LogP contribution in [0.5, 0.6) is 0 Å². The molecule has 0 bridgehead atoms. The van der Waals surface area contributed by atoms with Gasteiger partial charge in [0, 0.05) is 23.7 Å². The van der Waals surface area contributed by atoms with Gasteiger partial charge in [0.15, 0.2) is 0 Å². The molecule has 3 heterocycles. The van der Waals surface area contributed by atoms with Gasteiger partial charge in [-0.1, -0.05) is 18.2 Å². The van der Waals surface area contributed by atoms with Crippen molar-refractivity contribution in [2.24, 2.45) is 0 Å². The summed E-state index contributed by atoms with van der Waals surface area (Å²) in [7, 11) is 0. The number of urea groups is 1. The number of para-hydroxylation sites is 1. The van der Waals surface area contributed by atoms with Crippen LogP contribution < -0.4 is 10.2 Å². The Kier molecular flexibility index (Phi) is 5.52. The second kappa shape index (κ2) is 8.06. The van der Waals surface area contributed by atoms with Gasteiger partial charge in [-0.3, -0.25) is 9.69 Å². The summed E-state index contributed by atoms with van der Waals surface area (Å²) in [6.45, 7) is 4.00. The number of nitrogens with one attached hydrogen (secondary N) is 1. The van der Waals surface area contributed by atoms with Gasteiger partial charge >= 0.3 is 6.03 Å². The lowest BCUT2D eigenvalue weighted by molar-refractivity contribution is -0.131. The van der Waals surface area contributed by atoms with Crippen LogP contribution in [0, 0.1) is 0 Å². The first-order valence-electron chi connectivity index (χ1n) is 9.05. The number of carbonyl (C=O) groups excluding carboxylic acids is 2. The van der Waals surface area contributed by atoms with E-state index < -0.39 is 6.04 Å². The van der Waals surface area contributed by atoms with Crippen LogP contribution in [-0.2, 0) is 9.53 Å². The maximum atomic E-state index is 13.5. The third kappa shape index (κ3) is 3.59. The molecule has 4 rings (SSSR count). The van der Waals surface area contributed by atoms with Crippen LogP contribution in [0.4, 0.5) is 10.5 Å². The number of halogens is 1. The topological polar surface area (TPSA) is 61.9 Å². The molecule has 1 aromatic heterocycles. The molecule has 0 aliphatic carbocycles. The summed E-state index contributed by atoms with van der Waals surface area (Å²) in [5, 5.41) is 3.04. The Morgan fingerprint density at radius 2 is 1.89 bits per heavy atom. The average Bonchev–Trinajstić information content (AvgIpc) is 3.15. The Bertz CT molecular complexity index is 922. The fourth-order valence-electron chi connectivity index (χ4n) is 3.54. The van der Waals surface area contributed by atoms with Crippen molar-refractivity contribution >= 4 is 44.9 Å². The molecule has 0 spiro atoms. The Labute approximate surface area is 175 Å². The van der Waals surface area contributed by atoms with E-state index in [1.165, 1.54) is 11.3 Å². The second-order valence-corrected chi connectivity index (χ2v) is 9.09. The minimum atomic E-state index is -0.473. The highest BCUT2D eigenvalue weighted by molar-refractivity contribution is 9.11. The highest BCUT2D eigenvalue weighted by Gasteiger charge is 2.38. The number of morpholine rings is 1. The van der Waals surface area contributed by atoms with E-state index in [4.69, 9.17) is 4.74 Å². The van der Waals surface area contributed by atoms with E-state index >= 15 is 0 Å². The number of ether oxygens (including phenoxy) is 1. The standard InChI is InChI=1S/C20H20BrN3O3S/c1-13-17(19(25)23-9-11-27-12-10-23)18(15-7-8-16(21)28-15)22-20(26)24(13)14-5-3-2-4-6-14/h2-8,18H,9-12H2,1H3,(H,22,26). The Balaban J connectivity index is 1.80. The fraction of sp³-hybridized carbons (Fsp3) is 0.300. The zero-order valence-corrected chi connectivity index (χ0v) is 17.8. The zero-order chi connectivity index (χ0) is 19.7. The van der Waals surface area contributed by atoms with Crippen LogP contribution in [0.25, 0.3) is 0 Å². The van der Waals surface area contributed by atoms with Gasteiger partial charge in [0.05, 0.1) is 34.3 Å². The lowest BCUT2D eigenvalue weighted by Crippen LogP contribution is -2.51. The number of carbonyl (C=O) groups is 2. The molecule has 2 aliphatic rings. The Morgan fingerprint density at radius 1 is 1.18 bits per heavy atom. The monoisotopic (exact) mass is 461 g/mol. The van der Waals surface area contributed by atoms with E-state index in [9.17, 15) is 9.59 Å². The lowest BCUT2D eigenvalue weighted by atomic mass is 9.98. The summed E-state index contributed by atoms with van der Waals surface area (Å²) < 4.78 is 6.35. The first-order valence-corrected chi connectivity index (χ1v) is 10.7. The van der Waals surface area contributed by atoms with Crippen LogP contribution in [0.3, 0.4) is 0 Å². The van der Waals surface area contributed by atoms with Gasteiger partial charge < -0.3 is 15.0 Å². The smallest absolute Gasteiger partial charge is 0.327 e. The van der Waals surface area contributed by atoms with Crippen LogP contribution in [0.15, 0.2) is 57.5 Å². The van der Waals surface area contributed by atoms with Crippen LogP contribution >= 0.6 is 27.3 Å². The molecule has 0 radical (unpaired) electrons. The summed E-state index contributed by atoms with van der Waals surface area (Å²) in [4.78, 5) is 30.7. The molecule has 1 fully saturated rings. The normalized spacial score (nSPS) is 20.4. The molecule has 3 amide bonds. The first kappa shape index (κ1) is 19.2. The number of thiophene rings is 1. The summed E-state index contributed by atoms with van der Waals surface area (Å²) in [5.74, 6) is -0.0590. The SMILES string of the molecule is CC1=C(C(=O)N2CCOCC2)C(c2ccc(Br)s2)NC(=O)N1c1ccccc1. The predicted octanol–water partition coefficient (Wildman–Crippen LogP) is 3.91. The molecule has 146 valence electrons. The maximum Gasteiger partial charge on any atom is 0.327 e. The first-order chi connectivity index (χ1) is 13.6. The summed E-state index contributed by atoms with van der Waals surface area (Å²) >= 11 is 5.00. The third-order valence-corrected chi connectivity index (χ3v) is 6.59. The van der Waals surface area contributed by atoms with Crippen molar-refractivity contribution in [3.63, 3.8) is 0 Å². The van der Waals surface area contributed by atoms with Crippen LogP contribution in [-0.4, -0.2) is 43.1 Å². The molecule has 1 N–H and O–H groups in total. The van der Waals surface area contributed by atoms with E-state index in [1.807, 2.05) is 49.4 Å². The molecule has 2 aromatic rings. The Hall–Kier alpha value is -2.16. The van der Waals surface area contributed by atoms with Crippen molar-refractivity contribution < 1.29 is 14.3 Å². The van der Waals surface area contributed by atoms with Crippen molar-refractivity contribution in [3.8, 4) is 0 Å². The number of hydrogen-bond acceptors (Lipinski definition) is 4. The van der Waals surface area contributed by atoms with Gasteiger partial charge in [0.25, 0.3) is 5.91 Å². The van der Waals surface area contributed by atoms with Crippen molar-refractivity contribution in [1.82, 2.24) is 10.2 Å². The van der Waals surface area contributed by atoms with E-state index in [0.29, 0.717) is 37.6 Å². The summed E-state index contributed by atoms with van der Waals surface area (Å²) in [6, 6.07) is 12.5. The number of anilines is 1. The van der Waals surface area contributed by atoms with E-state index in [0.717, 1.165) is 14.4 Å². The quantitative estimate of drug-likeness (QED) is 0.753. The highest BCUT2D eigenvalue weighted by Crippen LogP contribution is 2.38. The minimum Gasteiger partial charge on any atom is -0.378 e. The lowest BCUT2D eigenvalue weighted by Gasteiger charge is -2.37. The Morgan fingerprint density at radius 3 is 2.54 bits per heavy atom. The van der Waals surface area contributed by atoms with Gasteiger partial charge in [0.2, 0.25) is 0 Å². The van der Waals surface area contributed by atoms with Crippen LogP contribution in [0.2, 0.25) is 0 Å². The van der Waals surface area contributed by atoms with E-state index in [1.54, 1.807) is 9.80 Å². The fourth-order valence-corrected chi connectivity index (χ4v) is 5.03. The molecule has 1 aromatic carbocycles. The van der Waals surface area contributed by atoms with Gasteiger partial charge in [-0.15, -0.1) is 11.3 Å². The van der Waals surface area contributed by atoms with Crippen molar-refractivity contribution in [1.29, 1.82) is 0 Å². The number of rotatable bonds is 3. The highest BCUT2D eigenvalue weighted by atomic mass is 79.9. The van der Waals surface area contributed by atoms with Gasteiger partial charge in [-0.25, -0.2) is 4.79 Å². The minimum absolute atomic E-state index is 0.0590. The zero-order valence-electron chi connectivity index (χ0n) is 15.4. The van der Waals surface area contributed by atoms with Crippen molar-refractivity contribution in [2.45, 2.75) is 13.0 Å². The van der Waals surface area contributed by atoms with Crippen molar-refractivity contribution in [3.05, 3.63) is 62.4 Å². The number of amides is 3. The molecular formula is C20H20BrN3O3S. The molecular weight excluding hydrogens is 442 g/mol. The molecule has 1 atom stereocenters. The molecule has 2 aliphatic heterocycles. The maximum absolute atomic E-state index is 13.5. The molecule has 1 saturated heterocycles. The summed E-state index contributed by atoms with van der Waals surface area (Å²) in [6.07, 6.45) is 0. The molecule has 28 heavy (non-hydrogen) atoms. The number of hydrogen-bond donors (Lipinski definition) is 1. The number of benzene rings is 1. The molecule has 1 unspecified atom stereocenters. The number of nitrogens with zero attached hydrogens (tertiary/aromatic N) is 2. The van der Waals surface area contributed by atoms with Crippen molar-refractivity contribution in [2.75, 3.05) is 31.2 Å². The van der Waals surface area contributed by atoms with Gasteiger partial charge in [-0.05, 0) is 47.1 Å². The molecule has 0 saturated carbocycles. The molecule has 8 heteroatoms.